The molecule has 0 saturated carbocycles. The second-order valence-electron chi connectivity index (χ2n) is 4.37. The summed E-state index contributed by atoms with van der Waals surface area (Å²) in [5.41, 5.74) is 0. The molecule has 1 unspecified atom stereocenters. The number of hydrogen-bond acceptors (Lipinski definition) is 2. The number of ether oxygens (including phenoxy) is 1. The van der Waals surface area contributed by atoms with E-state index >= 15 is 0 Å². The molecule has 106 valence electrons. The fourth-order valence-electron chi connectivity index (χ4n) is 1.75. The first-order chi connectivity index (χ1) is 8.99. The van der Waals surface area contributed by atoms with Gasteiger partial charge in [0.15, 0.2) is 5.75 Å². The molecule has 5 heteroatoms. The van der Waals surface area contributed by atoms with E-state index in [0.717, 1.165) is 39.1 Å². The zero-order valence-corrected chi connectivity index (χ0v) is 15.8. The first kappa shape index (κ1) is 17.2. The standard InChI is InChI=1S/C14H17Br3O2/c1-3-5-6-9(4-2)14(18)19-13-11(16)7-10(15)8-12(13)17/h7-9H,3-6H2,1-2H3. The number of carbonyl (C=O) groups is 1. The molecule has 0 aliphatic heterocycles. The zero-order chi connectivity index (χ0) is 14.4. The molecule has 0 aromatic heterocycles. The number of halogens is 3. The number of benzene rings is 1. The molecule has 1 aromatic rings. The van der Waals surface area contributed by atoms with E-state index < -0.39 is 0 Å². The Bertz CT molecular complexity index is 423. The van der Waals surface area contributed by atoms with Crippen LogP contribution >= 0.6 is 47.8 Å². The Morgan fingerprint density at radius 3 is 2.26 bits per heavy atom. The molecule has 19 heavy (non-hydrogen) atoms. The third-order valence-corrected chi connectivity index (χ3v) is 4.53. The van der Waals surface area contributed by atoms with Crippen molar-refractivity contribution in [2.75, 3.05) is 0 Å². The molecular formula is C14H17Br3O2. The molecule has 0 bridgehead atoms. The van der Waals surface area contributed by atoms with Gasteiger partial charge in [-0.15, -0.1) is 0 Å². The summed E-state index contributed by atoms with van der Waals surface area (Å²) in [6.45, 7) is 4.15. The number of unbranched alkanes of at least 4 members (excludes halogenated alkanes) is 1. The van der Waals surface area contributed by atoms with Crippen LogP contribution < -0.4 is 4.74 Å². The SMILES string of the molecule is CCCCC(CC)C(=O)Oc1c(Br)cc(Br)cc1Br. The van der Waals surface area contributed by atoms with Crippen LogP contribution in [-0.2, 0) is 4.79 Å². The summed E-state index contributed by atoms with van der Waals surface area (Å²) in [5.74, 6) is 0.366. The average molecular weight is 457 g/mol. The van der Waals surface area contributed by atoms with Crippen LogP contribution in [0.25, 0.3) is 0 Å². The van der Waals surface area contributed by atoms with Crippen molar-refractivity contribution in [3.05, 3.63) is 25.6 Å². The van der Waals surface area contributed by atoms with Crippen LogP contribution in [0.15, 0.2) is 25.6 Å². The highest BCUT2D eigenvalue weighted by Crippen LogP contribution is 2.37. The van der Waals surface area contributed by atoms with Crippen molar-refractivity contribution < 1.29 is 9.53 Å². The maximum Gasteiger partial charge on any atom is 0.314 e. The molecule has 0 amide bonds. The topological polar surface area (TPSA) is 26.3 Å². The third-order valence-electron chi connectivity index (χ3n) is 2.90. The van der Waals surface area contributed by atoms with Crippen LogP contribution in [0.5, 0.6) is 5.75 Å². The Balaban J connectivity index is 2.81. The quantitative estimate of drug-likeness (QED) is 0.382. The van der Waals surface area contributed by atoms with Gasteiger partial charge in [-0.05, 0) is 56.8 Å². The van der Waals surface area contributed by atoms with Gasteiger partial charge in [0, 0.05) is 4.47 Å². The summed E-state index contributed by atoms with van der Waals surface area (Å²) in [4.78, 5) is 12.2. The maximum absolute atomic E-state index is 12.2. The zero-order valence-electron chi connectivity index (χ0n) is 11.0. The predicted octanol–water partition coefficient (Wildman–Crippen LogP) is 6.10. The van der Waals surface area contributed by atoms with Crippen molar-refractivity contribution in [3.63, 3.8) is 0 Å². The molecule has 1 rings (SSSR count). The normalized spacial score (nSPS) is 12.3. The lowest BCUT2D eigenvalue weighted by Crippen LogP contribution is -2.20. The summed E-state index contributed by atoms with van der Waals surface area (Å²) in [7, 11) is 0. The summed E-state index contributed by atoms with van der Waals surface area (Å²) >= 11 is 10.2. The number of carbonyl (C=O) groups excluding carboxylic acids is 1. The molecule has 0 radical (unpaired) electrons. The van der Waals surface area contributed by atoms with E-state index in [1.807, 2.05) is 19.1 Å². The molecule has 0 saturated heterocycles. The highest BCUT2D eigenvalue weighted by molar-refractivity contribution is 9.11. The molecule has 0 spiro atoms. The fourth-order valence-corrected chi connectivity index (χ4v) is 4.17. The fraction of sp³-hybridized carbons (Fsp3) is 0.500. The molecule has 1 atom stereocenters. The summed E-state index contributed by atoms with van der Waals surface area (Å²) in [6, 6.07) is 3.72. The molecule has 0 aliphatic carbocycles. The Morgan fingerprint density at radius 2 is 1.79 bits per heavy atom. The van der Waals surface area contributed by atoms with Gasteiger partial charge in [-0.2, -0.15) is 0 Å². The average Bonchev–Trinajstić information content (AvgIpc) is 2.34. The molecular weight excluding hydrogens is 440 g/mol. The lowest BCUT2D eigenvalue weighted by molar-refractivity contribution is -0.139. The molecule has 0 aliphatic rings. The van der Waals surface area contributed by atoms with Crippen molar-refractivity contribution >= 4 is 53.8 Å². The highest BCUT2D eigenvalue weighted by Gasteiger charge is 2.20. The van der Waals surface area contributed by atoms with E-state index in [0.29, 0.717) is 5.75 Å². The highest BCUT2D eigenvalue weighted by atomic mass is 79.9. The maximum atomic E-state index is 12.2. The largest absolute Gasteiger partial charge is 0.424 e. The van der Waals surface area contributed by atoms with E-state index in [4.69, 9.17) is 4.74 Å². The first-order valence-corrected chi connectivity index (χ1v) is 8.73. The van der Waals surface area contributed by atoms with Crippen LogP contribution in [0.1, 0.15) is 39.5 Å². The summed E-state index contributed by atoms with van der Waals surface area (Å²) in [6.07, 6.45) is 3.84. The lowest BCUT2D eigenvalue weighted by Gasteiger charge is -2.15. The molecule has 1 aromatic carbocycles. The van der Waals surface area contributed by atoms with E-state index in [1.165, 1.54) is 0 Å². The number of esters is 1. The first-order valence-electron chi connectivity index (χ1n) is 6.35. The van der Waals surface area contributed by atoms with E-state index in [1.54, 1.807) is 0 Å². The molecule has 0 N–H and O–H groups in total. The van der Waals surface area contributed by atoms with Crippen LogP contribution in [0, 0.1) is 5.92 Å². The Morgan fingerprint density at radius 1 is 1.21 bits per heavy atom. The molecule has 0 fully saturated rings. The van der Waals surface area contributed by atoms with Gasteiger partial charge < -0.3 is 4.74 Å². The second-order valence-corrected chi connectivity index (χ2v) is 6.99. The van der Waals surface area contributed by atoms with Gasteiger partial charge in [0.05, 0.1) is 14.9 Å². The molecule has 2 nitrogen and oxygen atoms in total. The minimum Gasteiger partial charge on any atom is -0.424 e. The van der Waals surface area contributed by atoms with Gasteiger partial charge in [0.25, 0.3) is 0 Å². The van der Waals surface area contributed by atoms with Crippen molar-refractivity contribution in [2.24, 2.45) is 5.92 Å². The van der Waals surface area contributed by atoms with Gasteiger partial charge in [0.1, 0.15) is 0 Å². The second kappa shape index (κ2) is 8.42. The van der Waals surface area contributed by atoms with Gasteiger partial charge in [-0.1, -0.05) is 42.6 Å². The van der Waals surface area contributed by atoms with Crippen LogP contribution in [0.2, 0.25) is 0 Å². The van der Waals surface area contributed by atoms with Gasteiger partial charge in [-0.25, -0.2) is 0 Å². The van der Waals surface area contributed by atoms with Crippen molar-refractivity contribution in [2.45, 2.75) is 39.5 Å². The smallest absolute Gasteiger partial charge is 0.314 e. The summed E-state index contributed by atoms with van der Waals surface area (Å²) < 4.78 is 7.96. The minimum absolute atomic E-state index is 0.0256. The van der Waals surface area contributed by atoms with E-state index in [-0.39, 0.29) is 11.9 Å². The minimum atomic E-state index is -0.153. The third kappa shape index (κ3) is 5.20. The monoisotopic (exact) mass is 454 g/mol. The molecule has 0 heterocycles. The van der Waals surface area contributed by atoms with Gasteiger partial charge in [0.2, 0.25) is 0 Å². The van der Waals surface area contributed by atoms with Crippen LogP contribution in [0.3, 0.4) is 0 Å². The Kier molecular flexibility index (Phi) is 7.62. The van der Waals surface area contributed by atoms with Gasteiger partial charge in [-0.3, -0.25) is 4.79 Å². The van der Waals surface area contributed by atoms with Crippen LogP contribution in [0.4, 0.5) is 0 Å². The number of rotatable bonds is 6. The van der Waals surface area contributed by atoms with Crippen LogP contribution in [-0.4, -0.2) is 5.97 Å². The predicted molar refractivity (Wildman–Crippen MR) is 88.5 cm³/mol. The van der Waals surface area contributed by atoms with Crippen molar-refractivity contribution in [1.29, 1.82) is 0 Å². The lowest BCUT2D eigenvalue weighted by atomic mass is 10.00. The summed E-state index contributed by atoms with van der Waals surface area (Å²) in [5, 5.41) is 0. The van der Waals surface area contributed by atoms with Gasteiger partial charge >= 0.3 is 5.97 Å². The van der Waals surface area contributed by atoms with E-state index in [9.17, 15) is 4.79 Å². The van der Waals surface area contributed by atoms with Crippen molar-refractivity contribution in [1.82, 2.24) is 0 Å². The van der Waals surface area contributed by atoms with E-state index in [2.05, 4.69) is 54.7 Å². The Hall–Kier alpha value is 0.130. The number of hydrogen-bond donors (Lipinski definition) is 0. The Labute approximate surface area is 139 Å². The van der Waals surface area contributed by atoms with Crippen molar-refractivity contribution in [3.8, 4) is 5.75 Å².